The average Bonchev–Trinajstić information content (AvgIpc) is 2.15. The van der Waals surface area contributed by atoms with Crippen molar-refractivity contribution in [3.8, 4) is 0 Å². The number of carbonyl (C=O) groups is 1. The van der Waals surface area contributed by atoms with E-state index in [0.717, 1.165) is 12.8 Å². The van der Waals surface area contributed by atoms with Crippen molar-refractivity contribution >= 4 is 5.78 Å². The fourth-order valence-electron chi connectivity index (χ4n) is 1.84. The molecule has 3 heteroatoms. The Bertz CT molecular complexity index is 267. The van der Waals surface area contributed by atoms with Crippen LogP contribution in [0.3, 0.4) is 0 Å². The zero-order valence-corrected chi connectivity index (χ0v) is 8.42. The molecule has 1 fully saturated rings. The van der Waals surface area contributed by atoms with Crippen molar-refractivity contribution in [3.63, 3.8) is 0 Å². The van der Waals surface area contributed by atoms with Crippen LogP contribution in [-0.4, -0.2) is 5.78 Å². The van der Waals surface area contributed by atoms with Gasteiger partial charge in [0.2, 0.25) is 0 Å². The third-order valence-electron chi connectivity index (χ3n) is 2.61. The number of rotatable bonds is 2. The molecule has 0 unspecified atom stereocenters. The Morgan fingerprint density at radius 1 is 1.50 bits per heavy atom. The van der Waals surface area contributed by atoms with E-state index >= 15 is 0 Å². The highest BCUT2D eigenvalue weighted by molar-refractivity contribution is 5.79. The summed E-state index contributed by atoms with van der Waals surface area (Å²) in [7, 11) is 0. The molecular weight excluding hydrogens is 181 g/mol. The van der Waals surface area contributed by atoms with Gasteiger partial charge in [-0.3, -0.25) is 4.79 Å². The Morgan fingerprint density at radius 2 is 2.07 bits per heavy atom. The molecule has 0 atom stereocenters. The minimum Gasteiger partial charge on any atom is -0.375 e. The molecule has 1 rings (SSSR count). The molecule has 0 saturated heterocycles. The van der Waals surface area contributed by atoms with Crippen molar-refractivity contribution in [3.05, 3.63) is 23.7 Å². The third kappa shape index (κ3) is 2.69. The molecular formula is C11H16FNO. The van der Waals surface area contributed by atoms with Crippen LogP contribution in [-0.2, 0) is 4.79 Å². The Morgan fingerprint density at radius 3 is 2.50 bits per heavy atom. The van der Waals surface area contributed by atoms with E-state index in [1.807, 2.05) is 6.92 Å². The maximum atomic E-state index is 13.0. The van der Waals surface area contributed by atoms with E-state index in [2.05, 4.69) is 0 Å². The molecule has 1 saturated carbocycles. The zero-order valence-electron chi connectivity index (χ0n) is 8.42. The SMILES string of the molecule is C/C=C\C(=C(/N)F)C1CCC(=O)CC1. The predicted octanol–water partition coefficient (Wildman–Crippen LogP) is 2.46. The second-order valence-electron chi connectivity index (χ2n) is 3.62. The van der Waals surface area contributed by atoms with Gasteiger partial charge in [-0.25, -0.2) is 0 Å². The topological polar surface area (TPSA) is 43.1 Å². The normalized spacial score (nSPS) is 21.4. The number of hydrogen-bond donors (Lipinski definition) is 1. The minimum atomic E-state index is -0.609. The molecule has 0 amide bonds. The van der Waals surface area contributed by atoms with Gasteiger partial charge in [0.15, 0.2) is 5.95 Å². The number of carbonyl (C=O) groups excluding carboxylic acids is 1. The maximum absolute atomic E-state index is 13.0. The highest BCUT2D eigenvalue weighted by atomic mass is 19.1. The standard InChI is InChI=1S/C11H16FNO/c1-2-3-10(11(12)13)8-4-6-9(14)7-5-8/h2-3,8H,4-7,13H2,1H3/b3-2-,11-10+. The van der Waals surface area contributed by atoms with Gasteiger partial charge in [0, 0.05) is 18.4 Å². The molecule has 0 bridgehead atoms. The number of Topliss-reactive ketones (excluding diaryl/α,β-unsaturated/α-hetero) is 1. The molecule has 0 aromatic rings. The quantitative estimate of drug-likeness (QED) is 0.546. The van der Waals surface area contributed by atoms with Gasteiger partial charge >= 0.3 is 0 Å². The van der Waals surface area contributed by atoms with E-state index in [-0.39, 0.29) is 11.7 Å². The molecule has 0 spiro atoms. The van der Waals surface area contributed by atoms with Crippen LogP contribution in [0.15, 0.2) is 23.7 Å². The largest absolute Gasteiger partial charge is 0.375 e. The average molecular weight is 197 g/mol. The van der Waals surface area contributed by atoms with Crippen molar-refractivity contribution < 1.29 is 9.18 Å². The summed E-state index contributed by atoms with van der Waals surface area (Å²) in [5, 5.41) is 0. The van der Waals surface area contributed by atoms with Gasteiger partial charge in [-0.15, -0.1) is 0 Å². The van der Waals surface area contributed by atoms with E-state index < -0.39 is 5.95 Å². The second-order valence-corrected chi connectivity index (χ2v) is 3.62. The van der Waals surface area contributed by atoms with Gasteiger partial charge in [0.25, 0.3) is 0 Å². The van der Waals surface area contributed by atoms with Crippen molar-refractivity contribution in [2.45, 2.75) is 32.6 Å². The molecule has 78 valence electrons. The Labute approximate surface area is 83.7 Å². The second kappa shape index (κ2) is 4.94. The van der Waals surface area contributed by atoms with Crippen LogP contribution in [0.25, 0.3) is 0 Å². The smallest absolute Gasteiger partial charge is 0.187 e. The van der Waals surface area contributed by atoms with Gasteiger partial charge in [-0.05, 0) is 25.7 Å². The molecule has 2 nitrogen and oxygen atoms in total. The molecule has 1 aliphatic carbocycles. The first kappa shape index (κ1) is 11.0. The molecule has 0 radical (unpaired) electrons. The first-order valence-corrected chi connectivity index (χ1v) is 4.94. The van der Waals surface area contributed by atoms with Crippen LogP contribution in [0.2, 0.25) is 0 Å². The first-order chi connectivity index (χ1) is 6.65. The number of allylic oxidation sites excluding steroid dienone is 3. The lowest BCUT2D eigenvalue weighted by atomic mass is 9.83. The molecule has 2 N–H and O–H groups in total. The summed E-state index contributed by atoms with van der Waals surface area (Å²) in [4.78, 5) is 11.0. The van der Waals surface area contributed by atoms with Crippen molar-refractivity contribution in [2.75, 3.05) is 0 Å². The lowest BCUT2D eigenvalue weighted by Gasteiger charge is -2.21. The Kier molecular flexibility index (Phi) is 3.86. The summed E-state index contributed by atoms with van der Waals surface area (Å²) in [5.41, 5.74) is 5.72. The van der Waals surface area contributed by atoms with Crippen LogP contribution in [0, 0.1) is 5.92 Å². The summed E-state index contributed by atoms with van der Waals surface area (Å²) in [6.45, 7) is 1.83. The third-order valence-corrected chi connectivity index (χ3v) is 2.61. The van der Waals surface area contributed by atoms with Gasteiger partial charge in [0.1, 0.15) is 5.78 Å². The van der Waals surface area contributed by atoms with Crippen LogP contribution < -0.4 is 5.73 Å². The van der Waals surface area contributed by atoms with Gasteiger partial charge in [-0.1, -0.05) is 12.2 Å². The maximum Gasteiger partial charge on any atom is 0.187 e. The number of ketones is 1. The van der Waals surface area contributed by atoms with E-state index in [9.17, 15) is 9.18 Å². The van der Waals surface area contributed by atoms with Gasteiger partial charge in [0.05, 0.1) is 0 Å². The predicted molar refractivity (Wildman–Crippen MR) is 54.1 cm³/mol. The van der Waals surface area contributed by atoms with Crippen molar-refractivity contribution in [1.29, 1.82) is 0 Å². The fraction of sp³-hybridized carbons (Fsp3) is 0.545. The zero-order chi connectivity index (χ0) is 10.6. The summed E-state index contributed by atoms with van der Waals surface area (Å²) in [5.74, 6) is -0.213. The van der Waals surface area contributed by atoms with E-state index in [1.165, 1.54) is 0 Å². The molecule has 0 aromatic heterocycles. The highest BCUT2D eigenvalue weighted by Crippen LogP contribution is 2.30. The number of nitrogens with two attached hydrogens (primary N) is 1. The Balaban J connectivity index is 2.71. The lowest BCUT2D eigenvalue weighted by Crippen LogP contribution is -2.17. The van der Waals surface area contributed by atoms with Gasteiger partial charge < -0.3 is 5.73 Å². The fourth-order valence-corrected chi connectivity index (χ4v) is 1.84. The molecule has 0 aromatic carbocycles. The van der Waals surface area contributed by atoms with Crippen molar-refractivity contribution in [1.82, 2.24) is 0 Å². The van der Waals surface area contributed by atoms with Crippen LogP contribution in [0.1, 0.15) is 32.6 Å². The molecule has 1 aliphatic rings. The molecule has 0 aliphatic heterocycles. The van der Waals surface area contributed by atoms with Gasteiger partial charge in [-0.2, -0.15) is 4.39 Å². The minimum absolute atomic E-state index is 0.119. The first-order valence-electron chi connectivity index (χ1n) is 4.94. The Hall–Kier alpha value is -1.12. The monoisotopic (exact) mass is 197 g/mol. The van der Waals surface area contributed by atoms with E-state index in [1.54, 1.807) is 12.2 Å². The summed E-state index contributed by atoms with van der Waals surface area (Å²) < 4.78 is 13.0. The number of hydrogen-bond acceptors (Lipinski definition) is 2. The van der Waals surface area contributed by atoms with E-state index in [0.29, 0.717) is 18.4 Å². The van der Waals surface area contributed by atoms with Crippen LogP contribution in [0.4, 0.5) is 4.39 Å². The highest BCUT2D eigenvalue weighted by Gasteiger charge is 2.22. The molecule has 0 heterocycles. The summed E-state index contributed by atoms with van der Waals surface area (Å²) in [6.07, 6.45) is 6.04. The van der Waals surface area contributed by atoms with E-state index in [4.69, 9.17) is 5.73 Å². The number of halogens is 1. The van der Waals surface area contributed by atoms with Crippen LogP contribution >= 0.6 is 0 Å². The van der Waals surface area contributed by atoms with Crippen LogP contribution in [0.5, 0.6) is 0 Å². The molecule has 14 heavy (non-hydrogen) atoms. The summed E-state index contributed by atoms with van der Waals surface area (Å²) >= 11 is 0. The summed E-state index contributed by atoms with van der Waals surface area (Å²) in [6, 6.07) is 0. The van der Waals surface area contributed by atoms with Crippen molar-refractivity contribution in [2.24, 2.45) is 11.7 Å². The lowest BCUT2D eigenvalue weighted by molar-refractivity contribution is -0.120.